The van der Waals surface area contributed by atoms with Gasteiger partial charge in [0.25, 0.3) is 0 Å². The zero-order valence-corrected chi connectivity index (χ0v) is 10.9. The molecule has 0 saturated heterocycles. The fraction of sp³-hybridized carbons (Fsp3) is 0.455. The minimum atomic E-state index is 0.294. The molecule has 0 aliphatic heterocycles. The van der Waals surface area contributed by atoms with Gasteiger partial charge in [-0.3, -0.25) is 11.3 Å². The highest BCUT2D eigenvalue weighted by Gasteiger charge is 2.08. The van der Waals surface area contributed by atoms with Crippen LogP contribution in [0.4, 0.5) is 0 Å². The van der Waals surface area contributed by atoms with Gasteiger partial charge in [0.2, 0.25) is 0 Å². The van der Waals surface area contributed by atoms with Gasteiger partial charge in [0.1, 0.15) is 0 Å². The van der Waals surface area contributed by atoms with Crippen LogP contribution >= 0.6 is 27.5 Å². The Bertz CT molecular complexity index is 294. The molecule has 0 radical (unpaired) electrons. The molecule has 0 saturated carbocycles. The Morgan fingerprint density at radius 3 is 2.73 bits per heavy atom. The maximum Gasteiger partial charge on any atom is 0.0251 e. The van der Waals surface area contributed by atoms with Crippen LogP contribution < -0.4 is 11.3 Å². The minimum Gasteiger partial charge on any atom is -0.271 e. The average molecular weight is 292 g/mol. The van der Waals surface area contributed by atoms with Gasteiger partial charge < -0.3 is 0 Å². The molecule has 1 aromatic carbocycles. The van der Waals surface area contributed by atoms with Crippen molar-refractivity contribution in [3.8, 4) is 0 Å². The van der Waals surface area contributed by atoms with Crippen LogP contribution in [-0.2, 0) is 6.42 Å². The summed E-state index contributed by atoms with van der Waals surface area (Å²) >= 11 is 9.19. The second kappa shape index (κ2) is 7.23. The maximum absolute atomic E-state index is 5.66. The van der Waals surface area contributed by atoms with Crippen LogP contribution in [0.1, 0.15) is 18.4 Å². The first-order valence-electron chi connectivity index (χ1n) is 5.03. The monoisotopic (exact) mass is 290 g/mol. The van der Waals surface area contributed by atoms with E-state index in [0.29, 0.717) is 11.9 Å². The highest BCUT2D eigenvalue weighted by molar-refractivity contribution is 9.10. The lowest BCUT2D eigenvalue weighted by atomic mass is 10.0. The van der Waals surface area contributed by atoms with E-state index >= 15 is 0 Å². The number of benzene rings is 1. The summed E-state index contributed by atoms with van der Waals surface area (Å²) in [4.78, 5) is 0. The van der Waals surface area contributed by atoms with Crippen LogP contribution in [0, 0.1) is 0 Å². The molecular formula is C11H16BrClN2. The Kier molecular flexibility index (Phi) is 6.25. The van der Waals surface area contributed by atoms with Crippen LogP contribution in [0.25, 0.3) is 0 Å². The first kappa shape index (κ1) is 13.0. The molecule has 1 atom stereocenters. The van der Waals surface area contributed by atoms with Crippen molar-refractivity contribution in [3.05, 3.63) is 34.3 Å². The van der Waals surface area contributed by atoms with Crippen LogP contribution in [0.5, 0.6) is 0 Å². The van der Waals surface area contributed by atoms with Crippen molar-refractivity contribution in [3.63, 3.8) is 0 Å². The van der Waals surface area contributed by atoms with Crippen molar-refractivity contribution in [2.45, 2.75) is 25.3 Å². The maximum atomic E-state index is 5.66. The molecule has 84 valence electrons. The second-order valence-corrected chi connectivity index (χ2v) is 4.72. The third-order valence-corrected chi connectivity index (χ3v) is 3.39. The molecule has 1 rings (SSSR count). The van der Waals surface area contributed by atoms with Crippen LogP contribution in [-0.4, -0.2) is 11.9 Å². The summed E-state index contributed by atoms with van der Waals surface area (Å²) in [6.45, 7) is 0. The second-order valence-electron chi connectivity index (χ2n) is 3.49. The highest BCUT2D eigenvalue weighted by atomic mass is 79.9. The van der Waals surface area contributed by atoms with Crippen LogP contribution in [0.3, 0.4) is 0 Å². The summed E-state index contributed by atoms with van der Waals surface area (Å²) in [5.74, 6) is 6.19. The summed E-state index contributed by atoms with van der Waals surface area (Å²) < 4.78 is 1.14. The van der Waals surface area contributed by atoms with Crippen molar-refractivity contribution < 1.29 is 0 Å². The van der Waals surface area contributed by atoms with E-state index in [1.165, 1.54) is 5.56 Å². The van der Waals surface area contributed by atoms with Gasteiger partial charge in [-0.1, -0.05) is 34.1 Å². The SMILES string of the molecule is NNC(CCCCl)Cc1ccccc1Br. The zero-order chi connectivity index (χ0) is 11.1. The zero-order valence-electron chi connectivity index (χ0n) is 8.55. The number of hydrogen-bond donors (Lipinski definition) is 2. The van der Waals surface area contributed by atoms with Gasteiger partial charge >= 0.3 is 0 Å². The summed E-state index contributed by atoms with van der Waals surface area (Å²) in [6.07, 6.45) is 2.91. The molecule has 15 heavy (non-hydrogen) atoms. The lowest BCUT2D eigenvalue weighted by molar-refractivity contribution is 0.486. The van der Waals surface area contributed by atoms with Crippen molar-refractivity contribution in [2.75, 3.05) is 5.88 Å². The van der Waals surface area contributed by atoms with Gasteiger partial charge in [-0.15, -0.1) is 11.6 Å². The van der Waals surface area contributed by atoms with E-state index in [0.717, 1.165) is 23.7 Å². The normalized spacial score (nSPS) is 12.7. The first-order valence-corrected chi connectivity index (χ1v) is 6.36. The topological polar surface area (TPSA) is 38.0 Å². The fourth-order valence-corrected chi connectivity index (χ4v) is 2.10. The predicted octanol–water partition coefficient (Wildman–Crippen LogP) is 2.84. The van der Waals surface area contributed by atoms with Crippen molar-refractivity contribution in [1.82, 2.24) is 5.43 Å². The van der Waals surface area contributed by atoms with E-state index in [-0.39, 0.29) is 0 Å². The minimum absolute atomic E-state index is 0.294. The third-order valence-electron chi connectivity index (χ3n) is 2.35. The van der Waals surface area contributed by atoms with Crippen molar-refractivity contribution >= 4 is 27.5 Å². The Morgan fingerprint density at radius 2 is 2.13 bits per heavy atom. The average Bonchev–Trinajstić information content (AvgIpc) is 2.26. The summed E-state index contributed by atoms with van der Waals surface area (Å²) in [5, 5.41) is 0. The highest BCUT2D eigenvalue weighted by Crippen LogP contribution is 2.18. The van der Waals surface area contributed by atoms with Gasteiger partial charge in [-0.05, 0) is 30.9 Å². The fourth-order valence-electron chi connectivity index (χ4n) is 1.50. The van der Waals surface area contributed by atoms with E-state index in [1.807, 2.05) is 18.2 Å². The lowest BCUT2D eigenvalue weighted by Gasteiger charge is -2.15. The molecule has 0 aliphatic rings. The number of rotatable bonds is 6. The van der Waals surface area contributed by atoms with Gasteiger partial charge in [-0.25, -0.2) is 0 Å². The van der Waals surface area contributed by atoms with Gasteiger partial charge in [0.05, 0.1) is 0 Å². The number of nitrogens with two attached hydrogens (primary N) is 1. The van der Waals surface area contributed by atoms with E-state index in [4.69, 9.17) is 17.4 Å². The number of hydrazine groups is 1. The molecular weight excluding hydrogens is 275 g/mol. The van der Waals surface area contributed by atoms with E-state index in [2.05, 4.69) is 27.4 Å². The van der Waals surface area contributed by atoms with Crippen molar-refractivity contribution in [1.29, 1.82) is 0 Å². The van der Waals surface area contributed by atoms with Gasteiger partial charge in [0, 0.05) is 16.4 Å². The molecule has 3 N–H and O–H groups in total. The quantitative estimate of drug-likeness (QED) is 0.480. The molecule has 0 bridgehead atoms. The number of hydrogen-bond acceptors (Lipinski definition) is 2. The molecule has 0 aliphatic carbocycles. The molecule has 0 heterocycles. The molecule has 0 spiro atoms. The Morgan fingerprint density at radius 1 is 1.40 bits per heavy atom. The third kappa shape index (κ3) is 4.51. The van der Waals surface area contributed by atoms with E-state index in [9.17, 15) is 0 Å². The van der Waals surface area contributed by atoms with Crippen molar-refractivity contribution in [2.24, 2.45) is 5.84 Å². The summed E-state index contributed by atoms with van der Waals surface area (Å²) in [6, 6.07) is 8.49. The predicted molar refractivity (Wildman–Crippen MR) is 68.9 cm³/mol. The molecule has 1 aromatic rings. The molecule has 1 unspecified atom stereocenters. The molecule has 2 nitrogen and oxygen atoms in total. The standard InChI is InChI=1S/C11H16BrClN2/c12-11-6-2-1-4-9(11)8-10(15-14)5-3-7-13/h1-2,4,6,10,15H,3,5,7-8,14H2. The number of alkyl halides is 1. The van der Waals surface area contributed by atoms with Gasteiger partial charge in [0.15, 0.2) is 0 Å². The molecule has 4 heteroatoms. The van der Waals surface area contributed by atoms with Gasteiger partial charge in [-0.2, -0.15) is 0 Å². The Labute approximate surface area is 104 Å². The van der Waals surface area contributed by atoms with Crippen LogP contribution in [0.15, 0.2) is 28.7 Å². The number of nitrogens with one attached hydrogen (secondary N) is 1. The van der Waals surface area contributed by atoms with Crippen LogP contribution in [0.2, 0.25) is 0 Å². The largest absolute Gasteiger partial charge is 0.271 e. The molecule has 0 amide bonds. The van der Waals surface area contributed by atoms with E-state index in [1.54, 1.807) is 0 Å². The molecule has 0 aromatic heterocycles. The smallest absolute Gasteiger partial charge is 0.0251 e. The number of halogens is 2. The Hall–Kier alpha value is -0.0900. The summed E-state index contributed by atoms with van der Waals surface area (Å²) in [7, 11) is 0. The first-order chi connectivity index (χ1) is 7.27. The Balaban J connectivity index is 2.54. The van der Waals surface area contributed by atoms with E-state index < -0.39 is 0 Å². The summed E-state index contributed by atoms with van der Waals surface area (Å²) in [5.41, 5.74) is 4.11. The molecule has 0 fully saturated rings. The lowest BCUT2D eigenvalue weighted by Crippen LogP contribution is -2.36.